The number of esters is 1. The molecule has 5 heteroatoms. The average molecular weight is 176 g/mol. The van der Waals surface area contributed by atoms with Crippen LogP contribution in [0.1, 0.15) is 19.8 Å². The molecule has 0 rings (SSSR count). The van der Waals surface area contributed by atoms with E-state index >= 15 is 0 Å². The zero-order valence-electron chi connectivity index (χ0n) is 6.82. The fourth-order valence-corrected chi connectivity index (χ4v) is 0.530. The van der Waals surface area contributed by atoms with Crippen molar-refractivity contribution in [3.8, 4) is 0 Å². The summed E-state index contributed by atoms with van der Waals surface area (Å²) >= 11 is 0. The number of ether oxygens (including phenoxy) is 1. The van der Waals surface area contributed by atoms with Crippen molar-refractivity contribution in [2.24, 2.45) is 0 Å². The molecule has 0 aliphatic carbocycles. The highest BCUT2D eigenvalue weighted by Crippen LogP contribution is 1.96. The van der Waals surface area contributed by atoms with Crippen molar-refractivity contribution in [2.45, 2.75) is 25.9 Å². The number of carboxylic acids is 1. The Bertz CT molecular complexity index is 165. The molecule has 0 aromatic carbocycles. The van der Waals surface area contributed by atoms with Crippen LogP contribution in [0.4, 0.5) is 0 Å². The Morgan fingerprint density at radius 1 is 1.42 bits per heavy atom. The third-order valence-electron chi connectivity index (χ3n) is 1.13. The van der Waals surface area contributed by atoms with Crippen LogP contribution >= 0.6 is 0 Å². The zero-order valence-corrected chi connectivity index (χ0v) is 6.82. The van der Waals surface area contributed by atoms with E-state index in [0.717, 1.165) is 0 Å². The molecule has 0 radical (unpaired) electrons. The fourth-order valence-electron chi connectivity index (χ4n) is 0.530. The van der Waals surface area contributed by atoms with Gasteiger partial charge >= 0.3 is 11.9 Å². The van der Waals surface area contributed by atoms with Crippen LogP contribution < -0.4 is 0 Å². The lowest BCUT2D eigenvalue weighted by Crippen LogP contribution is -2.18. The Morgan fingerprint density at radius 3 is 2.42 bits per heavy atom. The van der Waals surface area contributed by atoms with Gasteiger partial charge in [-0.3, -0.25) is 9.59 Å². The zero-order chi connectivity index (χ0) is 9.56. The van der Waals surface area contributed by atoms with Gasteiger partial charge in [-0.1, -0.05) is 0 Å². The SMILES string of the molecule is CC(CO)OC(=O)CCC(=O)O. The second kappa shape index (κ2) is 5.54. The Kier molecular flexibility index (Phi) is 5.03. The van der Waals surface area contributed by atoms with Crippen LogP contribution in [0.5, 0.6) is 0 Å². The molecule has 2 N–H and O–H groups in total. The standard InChI is InChI=1S/C7H12O5/c1-5(4-8)12-7(11)3-2-6(9)10/h5,8H,2-4H2,1H3,(H,9,10). The van der Waals surface area contributed by atoms with Crippen molar-refractivity contribution in [1.82, 2.24) is 0 Å². The van der Waals surface area contributed by atoms with Crippen molar-refractivity contribution in [3.05, 3.63) is 0 Å². The maximum absolute atomic E-state index is 10.7. The van der Waals surface area contributed by atoms with Crippen molar-refractivity contribution < 1.29 is 24.5 Å². The highest BCUT2D eigenvalue weighted by molar-refractivity contribution is 5.76. The number of carboxylic acid groups (broad SMARTS) is 1. The summed E-state index contributed by atoms with van der Waals surface area (Å²) < 4.78 is 4.60. The molecule has 0 fully saturated rings. The van der Waals surface area contributed by atoms with Gasteiger partial charge in [-0.25, -0.2) is 0 Å². The summed E-state index contributed by atoms with van der Waals surface area (Å²) in [5, 5.41) is 16.7. The van der Waals surface area contributed by atoms with Crippen molar-refractivity contribution in [1.29, 1.82) is 0 Å². The lowest BCUT2D eigenvalue weighted by molar-refractivity contribution is -0.152. The molecule has 12 heavy (non-hydrogen) atoms. The fraction of sp³-hybridized carbons (Fsp3) is 0.714. The van der Waals surface area contributed by atoms with Crippen LogP contribution in [0.2, 0.25) is 0 Å². The molecule has 0 aromatic heterocycles. The van der Waals surface area contributed by atoms with Gasteiger partial charge in [-0.15, -0.1) is 0 Å². The highest BCUT2D eigenvalue weighted by Gasteiger charge is 2.09. The van der Waals surface area contributed by atoms with Gasteiger partial charge in [0.05, 0.1) is 19.4 Å². The third kappa shape index (κ3) is 5.67. The minimum absolute atomic E-state index is 0.153. The molecular weight excluding hydrogens is 164 g/mol. The number of hydrogen-bond acceptors (Lipinski definition) is 4. The van der Waals surface area contributed by atoms with Gasteiger partial charge in [0.15, 0.2) is 0 Å². The normalized spacial score (nSPS) is 12.2. The Labute approximate surface area is 70.0 Å². The predicted molar refractivity (Wildman–Crippen MR) is 39.5 cm³/mol. The van der Waals surface area contributed by atoms with Crippen LogP contribution in [0.15, 0.2) is 0 Å². The first-order chi connectivity index (χ1) is 5.56. The molecular formula is C7H12O5. The maximum Gasteiger partial charge on any atom is 0.306 e. The van der Waals surface area contributed by atoms with E-state index < -0.39 is 18.0 Å². The van der Waals surface area contributed by atoms with Crippen molar-refractivity contribution in [2.75, 3.05) is 6.61 Å². The molecule has 70 valence electrons. The first-order valence-electron chi connectivity index (χ1n) is 3.58. The van der Waals surface area contributed by atoms with Crippen LogP contribution in [-0.4, -0.2) is 34.9 Å². The summed E-state index contributed by atoms with van der Waals surface area (Å²) in [7, 11) is 0. The van der Waals surface area contributed by atoms with Gasteiger partial charge in [-0.2, -0.15) is 0 Å². The minimum Gasteiger partial charge on any atom is -0.481 e. The van der Waals surface area contributed by atoms with Crippen LogP contribution in [-0.2, 0) is 14.3 Å². The number of hydrogen-bond donors (Lipinski definition) is 2. The van der Waals surface area contributed by atoms with Crippen molar-refractivity contribution >= 4 is 11.9 Å². The molecule has 0 aromatic rings. The minimum atomic E-state index is -1.04. The Balaban J connectivity index is 3.53. The van der Waals surface area contributed by atoms with E-state index in [1.165, 1.54) is 6.92 Å². The summed E-state index contributed by atoms with van der Waals surface area (Å²) in [5.74, 6) is -1.64. The van der Waals surface area contributed by atoms with Crippen molar-refractivity contribution in [3.63, 3.8) is 0 Å². The lowest BCUT2D eigenvalue weighted by atomic mass is 10.3. The molecule has 5 nitrogen and oxygen atoms in total. The van der Waals surface area contributed by atoms with Gasteiger partial charge in [0.1, 0.15) is 6.10 Å². The number of carbonyl (C=O) groups is 2. The summed E-state index contributed by atoms with van der Waals surface area (Å²) in [6.07, 6.45) is -0.956. The number of rotatable bonds is 5. The van der Waals surface area contributed by atoms with Gasteiger partial charge in [0.2, 0.25) is 0 Å². The number of aliphatic hydroxyl groups is 1. The number of carbonyl (C=O) groups excluding carboxylic acids is 1. The Hall–Kier alpha value is -1.10. The summed E-state index contributed by atoms with van der Waals surface area (Å²) in [6.45, 7) is 1.28. The molecule has 0 spiro atoms. The van der Waals surface area contributed by atoms with Gasteiger partial charge in [0, 0.05) is 0 Å². The van der Waals surface area contributed by atoms with Crippen LogP contribution in [0.3, 0.4) is 0 Å². The molecule has 0 saturated carbocycles. The molecule has 0 bridgehead atoms. The number of aliphatic hydroxyl groups excluding tert-OH is 1. The van der Waals surface area contributed by atoms with E-state index in [1.807, 2.05) is 0 Å². The Morgan fingerprint density at radius 2 is 2.00 bits per heavy atom. The molecule has 0 heterocycles. The van der Waals surface area contributed by atoms with Gasteiger partial charge < -0.3 is 14.9 Å². The monoisotopic (exact) mass is 176 g/mol. The lowest BCUT2D eigenvalue weighted by Gasteiger charge is -2.08. The van der Waals surface area contributed by atoms with E-state index in [-0.39, 0.29) is 19.4 Å². The molecule has 0 saturated heterocycles. The van der Waals surface area contributed by atoms with Gasteiger partial charge in [0.25, 0.3) is 0 Å². The first-order valence-corrected chi connectivity index (χ1v) is 3.58. The quantitative estimate of drug-likeness (QED) is 0.565. The largest absolute Gasteiger partial charge is 0.481 e. The second-order valence-corrected chi connectivity index (χ2v) is 2.38. The molecule has 1 unspecified atom stereocenters. The summed E-state index contributed by atoms with van der Waals surface area (Å²) in [4.78, 5) is 20.7. The summed E-state index contributed by atoms with van der Waals surface area (Å²) in [5.41, 5.74) is 0. The molecule has 0 aliphatic rings. The van der Waals surface area contributed by atoms with E-state index in [9.17, 15) is 9.59 Å². The second-order valence-electron chi connectivity index (χ2n) is 2.38. The number of aliphatic carboxylic acids is 1. The van der Waals surface area contributed by atoms with E-state index in [2.05, 4.69) is 4.74 Å². The smallest absolute Gasteiger partial charge is 0.306 e. The third-order valence-corrected chi connectivity index (χ3v) is 1.13. The van der Waals surface area contributed by atoms with Crippen LogP contribution in [0, 0.1) is 0 Å². The first kappa shape index (κ1) is 10.9. The topological polar surface area (TPSA) is 83.8 Å². The van der Waals surface area contributed by atoms with Gasteiger partial charge in [-0.05, 0) is 6.92 Å². The average Bonchev–Trinajstić information content (AvgIpc) is 2.00. The molecule has 0 aliphatic heterocycles. The molecule has 1 atom stereocenters. The van der Waals surface area contributed by atoms with E-state index in [0.29, 0.717) is 0 Å². The maximum atomic E-state index is 10.7. The van der Waals surface area contributed by atoms with E-state index in [4.69, 9.17) is 10.2 Å². The predicted octanol–water partition coefficient (Wildman–Crippen LogP) is -0.225. The molecule has 0 amide bonds. The summed E-state index contributed by atoms with van der Waals surface area (Å²) in [6, 6.07) is 0. The van der Waals surface area contributed by atoms with Crippen LogP contribution in [0.25, 0.3) is 0 Å². The highest BCUT2D eigenvalue weighted by atomic mass is 16.5. The van der Waals surface area contributed by atoms with E-state index in [1.54, 1.807) is 0 Å².